The molecule has 0 amide bonds. The van der Waals surface area contributed by atoms with E-state index in [1.54, 1.807) is 0 Å². The van der Waals surface area contributed by atoms with Crippen molar-refractivity contribution in [2.75, 3.05) is 39.5 Å². The summed E-state index contributed by atoms with van der Waals surface area (Å²) in [6, 6.07) is 0. The number of hydrogen-bond donors (Lipinski definition) is 4. The average Bonchev–Trinajstić information content (AvgIpc) is 3.31. The molecule has 40 heavy (non-hydrogen) atoms. The maximum atomic E-state index is 11.0. The van der Waals surface area contributed by atoms with E-state index in [2.05, 4.69) is 27.7 Å². The van der Waals surface area contributed by atoms with Gasteiger partial charge < -0.3 is 36.5 Å². The summed E-state index contributed by atoms with van der Waals surface area (Å²) in [7, 11) is 0. The molecular weight excluding hydrogens is 502 g/mol. The molecule has 0 spiro atoms. The number of hydrogen-bond acceptors (Lipinski definition) is 7. The van der Waals surface area contributed by atoms with Crippen LogP contribution in [0.4, 0.5) is 0 Å². The maximum Gasteiger partial charge on any atom is 0.0637 e. The Morgan fingerprint density at radius 2 is 1.48 bits per heavy atom. The Bertz CT molecular complexity index is 772. The molecule has 6 unspecified atom stereocenters. The molecule has 12 atom stereocenters. The molecule has 7 nitrogen and oxygen atoms in total. The number of fused-ring (bicyclic) bond motifs is 5. The van der Waals surface area contributed by atoms with Crippen molar-refractivity contribution in [2.24, 2.45) is 63.5 Å². The molecule has 4 rings (SSSR count). The molecule has 0 aromatic heterocycles. The van der Waals surface area contributed by atoms with Crippen molar-refractivity contribution in [3.05, 3.63) is 0 Å². The second-order valence-corrected chi connectivity index (χ2v) is 14.3. The van der Waals surface area contributed by atoms with Crippen LogP contribution in [0.2, 0.25) is 0 Å². The van der Waals surface area contributed by atoms with E-state index in [-0.39, 0.29) is 35.1 Å². The number of aliphatic hydroxyl groups excluding tert-OH is 1. The van der Waals surface area contributed by atoms with Gasteiger partial charge in [-0.15, -0.1) is 0 Å². The summed E-state index contributed by atoms with van der Waals surface area (Å²) in [5.41, 5.74) is 17.9. The molecule has 0 heterocycles. The highest BCUT2D eigenvalue weighted by molar-refractivity contribution is 5.15. The molecule has 4 fully saturated rings. The molecule has 0 aromatic rings. The first-order valence-electron chi connectivity index (χ1n) is 16.9. The van der Waals surface area contributed by atoms with Gasteiger partial charge >= 0.3 is 0 Å². The third-order valence-electron chi connectivity index (χ3n) is 12.5. The van der Waals surface area contributed by atoms with Gasteiger partial charge in [0.05, 0.1) is 24.4 Å². The molecular formula is C33H63N3O4. The quantitative estimate of drug-likeness (QED) is 0.216. The highest BCUT2D eigenvalue weighted by Gasteiger charge is 2.66. The van der Waals surface area contributed by atoms with Gasteiger partial charge in [0.15, 0.2) is 0 Å². The Hall–Kier alpha value is -0.280. The van der Waals surface area contributed by atoms with E-state index >= 15 is 0 Å². The van der Waals surface area contributed by atoms with E-state index in [1.807, 2.05) is 0 Å². The number of rotatable bonds is 15. The Morgan fingerprint density at radius 3 is 2.12 bits per heavy atom. The van der Waals surface area contributed by atoms with Gasteiger partial charge in [-0.05, 0) is 131 Å². The molecule has 4 saturated carbocycles. The molecule has 234 valence electrons. The van der Waals surface area contributed by atoms with Crippen LogP contribution in [0.3, 0.4) is 0 Å². The first-order valence-corrected chi connectivity index (χ1v) is 16.9. The van der Waals surface area contributed by atoms with Crippen molar-refractivity contribution in [3.8, 4) is 0 Å². The van der Waals surface area contributed by atoms with Gasteiger partial charge in [0.25, 0.3) is 0 Å². The summed E-state index contributed by atoms with van der Waals surface area (Å²) in [6.07, 6.45) is 12.2. The van der Waals surface area contributed by atoms with Crippen LogP contribution in [0.25, 0.3) is 0 Å². The van der Waals surface area contributed by atoms with Gasteiger partial charge in [0.1, 0.15) is 0 Å². The third-order valence-corrected chi connectivity index (χ3v) is 12.5. The number of aliphatic hydroxyl groups is 1. The van der Waals surface area contributed by atoms with Gasteiger partial charge in [-0.3, -0.25) is 0 Å². The fourth-order valence-corrected chi connectivity index (χ4v) is 10.2. The predicted octanol–water partition coefficient (Wildman–Crippen LogP) is 4.47. The van der Waals surface area contributed by atoms with Crippen LogP contribution < -0.4 is 17.2 Å². The first-order chi connectivity index (χ1) is 19.3. The Labute approximate surface area is 245 Å². The number of ether oxygens (including phenoxy) is 3. The van der Waals surface area contributed by atoms with E-state index < -0.39 is 0 Å². The predicted molar refractivity (Wildman–Crippen MR) is 162 cm³/mol. The topological polar surface area (TPSA) is 126 Å². The second-order valence-electron chi connectivity index (χ2n) is 14.3. The van der Waals surface area contributed by atoms with Crippen LogP contribution in [0.5, 0.6) is 0 Å². The lowest BCUT2D eigenvalue weighted by atomic mass is 9.43. The SMILES string of the molecule is CCC(O)[C@@H](C)C1CC[C@H]2C3[C@H](OCCCN)CC4C[C@H](OCCCN)CCC4(C)[C@H]3C[C@H](OCCCN)C12C. The fourth-order valence-electron chi connectivity index (χ4n) is 10.2. The van der Waals surface area contributed by atoms with Crippen LogP contribution in [0.1, 0.15) is 98.3 Å². The minimum Gasteiger partial charge on any atom is -0.393 e. The van der Waals surface area contributed by atoms with Crippen molar-refractivity contribution in [1.29, 1.82) is 0 Å². The van der Waals surface area contributed by atoms with E-state index in [9.17, 15) is 5.11 Å². The lowest BCUT2D eigenvalue weighted by molar-refractivity contribution is -0.229. The molecule has 0 saturated heterocycles. The van der Waals surface area contributed by atoms with E-state index in [4.69, 9.17) is 31.4 Å². The first kappa shape index (κ1) is 32.6. The molecule has 4 aliphatic rings. The van der Waals surface area contributed by atoms with Gasteiger partial charge in [0, 0.05) is 25.2 Å². The normalized spacial score (nSPS) is 42.6. The lowest BCUT2D eigenvalue weighted by Crippen LogP contribution is -2.63. The van der Waals surface area contributed by atoms with E-state index in [0.29, 0.717) is 55.3 Å². The molecule has 0 bridgehead atoms. The highest BCUT2D eigenvalue weighted by atomic mass is 16.5. The summed E-state index contributed by atoms with van der Waals surface area (Å²) in [4.78, 5) is 0. The Kier molecular flexibility index (Phi) is 11.8. The molecule has 7 heteroatoms. The van der Waals surface area contributed by atoms with Crippen molar-refractivity contribution in [2.45, 2.75) is 123 Å². The summed E-state index contributed by atoms with van der Waals surface area (Å²) in [6.45, 7) is 13.8. The lowest BCUT2D eigenvalue weighted by Gasteiger charge is -2.65. The smallest absolute Gasteiger partial charge is 0.0637 e. The average molecular weight is 566 g/mol. The van der Waals surface area contributed by atoms with Crippen LogP contribution >= 0.6 is 0 Å². The molecule has 0 radical (unpaired) electrons. The Balaban J connectivity index is 1.66. The zero-order valence-corrected chi connectivity index (χ0v) is 26.2. The standard InChI is InChI=1S/C33H63N3O4/c1-5-28(37)22(2)25-9-10-26-31-27(21-30(33(25,26)4)40-18-8-15-36)32(3)12-11-24(38-16-6-13-34)19-23(32)20-29(31)39-17-7-14-35/h22-31,37H,5-21,34-36H2,1-4H3/t22-,23?,24+,25?,26-,27-,28?,29+,30-,31?,32?,33?/m0/s1. The van der Waals surface area contributed by atoms with Crippen LogP contribution in [-0.2, 0) is 14.2 Å². The summed E-state index contributed by atoms with van der Waals surface area (Å²) in [5, 5.41) is 11.0. The van der Waals surface area contributed by atoms with Crippen LogP contribution in [-0.4, -0.2) is 69.0 Å². The second kappa shape index (κ2) is 14.5. The van der Waals surface area contributed by atoms with Crippen molar-refractivity contribution < 1.29 is 19.3 Å². The summed E-state index contributed by atoms with van der Waals surface area (Å²) >= 11 is 0. The highest BCUT2D eigenvalue weighted by Crippen LogP contribution is 2.69. The minimum absolute atomic E-state index is 0.0343. The summed E-state index contributed by atoms with van der Waals surface area (Å²) in [5.74, 6) is 2.97. The Morgan fingerprint density at radius 1 is 0.825 bits per heavy atom. The fraction of sp³-hybridized carbons (Fsp3) is 1.00. The van der Waals surface area contributed by atoms with Gasteiger partial charge in [-0.2, -0.15) is 0 Å². The van der Waals surface area contributed by atoms with Gasteiger partial charge in [0.2, 0.25) is 0 Å². The molecule has 0 aromatic carbocycles. The van der Waals surface area contributed by atoms with Gasteiger partial charge in [-0.1, -0.05) is 27.7 Å². The summed E-state index contributed by atoms with van der Waals surface area (Å²) < 4.78 is 20.0. The molecule has 7 N–H and O–H groups in total. The van der Waals surface area contributed by atoms with E-state index in [0.717, 1.165) is 71.2 Å². The minimum atomic E-state index is -0.262. The monoisotopic (exact) mass is 565 g/mol. The van der Waals surface area contributed by atoms with Crippen molar-refractivity contribution in [1.82, 2.24) is 0 Å². The largest absolute Gasteiger partial charge is 0.393 e. The third kappa shape index (κ3) is 6.32. The van der Waals surface area contributed by atoms with Crippen molar-refractivity contribution in [3.63, 3.8) is 0 Å². The van der Waals surface area contributed by atoms with Crippen molar-refractivity contribution >= 4 is 0 Å². The van der Waals surface area contributed by atoms with Crippen LogP contribution in [0.15, 0.2) is 0 Å². The van der Waals surface area contributed by atoms with E-state index in [1.165, 1.54) is 19.3 Å². The van der Waals surface area contributed by atoms with Crippen LogP contribution in [0, 0.1) is 46.3 Å². The zero-order valence-electron chi connectivity index (χ0n) is 26.2. The maximum absolute atomic E-state index is 11.0. The molecule has 0 aliphatic heterocycles. The zero-order chi connectivity index (χ0) is 28.9. The number of nitrogens with two attached hydrogens (primary N) is 3. The van der Waals surface area contributed by atoms with Gasteiger partial charge in [-0.25, -0.2) is 0 Å². The molecule has 4 aliphatic carbocycles.